The summed E-state index contributed by atoms with van der Waals surface area (Å²) in [5.74, 6) is 0.925. The van der Waals surface area contributed by atoms with Crippen LogP contribution in [0.15, 0.2) is 6.07 Å². The highest BCUT2D eigenvalue weighted by Crippen LogP contribution is 2.37. The molecular formula is C15H19NO2. The number of hydrogen-bond acceptors (Lipinski definition) is 3. The summed E-state index contributed by atoms with van der Waals surface area (Å²) >= 11 is 0. The molecule has 0 amide bonds. The van der Waals surface area contributed by atoms with Crippen LogP contribution in [0.3, 0.4) is 0 Å². The van der Waals surface area contributed by atoms with Gasteiger partial charge >= 0.3 is 0 Å². The highest BCUT2D eigenvalue weighted by molar-refractivity contribution is 5.50. The third-order valence-electron chi connectivity index (χ3n) is 3.83. The topological polar surface area (TPSA) is 42.2 Å². The second kappa shape index (κ2) is 4.62. The van der Waals surface area contributed by atoms with Gasteiger partial charge in [0.05, 0.1) is 26.4 Å². The minimum Gasteiger partial charge on any atom is -0.496 e. The first-order valence-corrected chi connectivity index (χ1v) is 6.15. The number of nitriles is 1. The van der Waals surface area contributed by atoms with Crippen molar-refractivity contribution in [3.8, 4) is 11.8 Å². The van der Waals surface area contributed by atoms with Crippen LogP contribution in [0.4, 0.5) is 0 Å². The van der Waals surface area contributed by atoms with Crippen LogP contribution >= 0.6 is 0 Å². The lowest BCUT2D eigenvalue weighted by Crippen LogP contribution is -2.43. The van der Waals surface area contributed by atoms with Crippen molar-refractivity contribution < 1.29 is 9.47 Å². The van der Waals surface area contributed by atoms with E-state index in [0.717, 1.165) is 16.9 Å². The van der Waals surface area contributed by atoms with E-state index in [1.54, 1.807) is 7.11 Å². The van der Waals surface area contributed by atoms with Crippen LogP contribution in [0.1, 0.15) is 22.3 Å². The Labute approximate surface area is 108 Å². The van der Waals surface area contributed by atoms with Gasteiger partial charge in [-0.2, -0.15) is 5.26 Å². The van der Waals surface area contributed by atoms with Crippen LogP contribution < -0.4 is 4.74 Å². The van der Waals surface area contributed by atoms with Gasteiger partial charge in [-0.1, -0.05) is 6.07 Å². The van der Waals surface area contributed by atoms with Crippen LogP contribution in [0.2, 0.25) is 0 Å². The second-order valence-corrected chi connectivity index (χ2v) is 5.21. The smallest absolute Gasteiger partial charge is 0.125 e. The van der Waals surface area contributed by atoms with Crippen molar-refractivity contribution in [3.63, 3.8) is 0 Å². The van der Waals surface area contributed by atoms with Gasteiger partial charge in [-0.25, -0.2) is 0 Å². The summed E-state index contributed by atoms with van der Waals surface area (Å²) in [5.41, 5.74) is 4.36. The van der Waals surface area contributed by atoms with E-state index in [9.17, 15) is 5.26 Å². The molecule has 1 aliphatic rings. The van der Waals surface area contributed by atoms with Gasteiger partial charge in [0.15, 0.2) is 0 Å². The lowest BCUT2D eigenvalue weighted by molar-refractivity contribution is -0.0767. The first kappa shape index (κ1) is 12.9. The molecule has 1 heterocycles. The minimum absolute atomic E-state index is 0.361. The van der Waals surface area contributed by atoms with Gasteiger partial charge in [0, 0.05) is 0 Å². The lowest BCUT2D eigenvalue weighted by atomic mass is 9.79. The van der Waals surface area contributed by atoms with Crippen molar-refractivity contribution in [2.45, 2.75) is 27.2 Å². The molecule has 2 rings (SSSR count). The Kier molecular flexibility index (Phi) is 3.32. The molecule has 1 aliphatic heterocycles. The molecule has 18 heavy (non-hydrogen) atoms. The molecule has 0 atom stereocenters. The number of benzene rings is 1. The highest BCUT2D eigenvalue weighted by Gasteiger charge is 2.40. The first-order chi connectivity index (χ1) is 8.53. The molecular weight excluding hydrogens is 226 g/mol. The van der Waals surface area contributed by atoms with Crippen LogP contribution in [0, 0.1) is 37.5 Å². The van der Waals surface area contributed by atoms with Crippen LogP contribution in [-0.2, 0) is 11.2 Å². The monoisotopic (exact) mass is 245 g/mol. The Morgan fingerprint density at radius 1 is 1.33 bits per heavy atom. The van der Waals surface area contributed by atoms with Crippen molar-refractivity contribution in [3.05, 3.63) is 28.3 Å². The fraction of sp³-hybridized carbons (Fsp3) is 0.533. The summed E-state index contributed by atoms with van der Waals surface area (Å²) in [4.78, 5) is 0. The van der Waals surface area contributed by atoms with E-state index in [2.05, 4.69) is 32.9 Å². The summed E-state index contributed by atoms with van der Waals surface area (Å²) in [5, 5.41) is 9.31. The van der Waals surface area contributed by atoms with Crippen molar-refractivity contribution in [1.29, 1.82) is 5.26 Å². The zero-order valence-electron chi connectivity index (χ0n) is 11.5. The number of methoxy groups -OCH3 is 1. The van der Waals surface area contributed by atoms with Gasteiger partial charge in [-0.3, -0.25) is 0 Å². The SMILES string of the molecule is COc1c(C)c(C)cc(C)c1CC1(C#N)COC1. The Hall–Kier alpha value is -1.53. The van der Waals surface area contributed by atoms with Gasteiger partial charge in [-0.15, -0.1) is 0 Å². The molecule has 0 aromatic heterocycles. The van der Waals surface area contributed by atoms with Gasteiger partial charge in [0.25, 0.3) is 0 Å². The van der Waals surface area contributed by atoms with Gasteiger partial charge in [0.2, 0.25) is 0 Å². The zero-order chi connectivity index (χ0) is 13.3. The fourth-order valence-electron chi connectivity index (χ4n) is 2.49. The van der Waals surface area contributed by atoms with E-state index in [1.165, 1.54) is 11.1 Å². The van der Waals surface area contributed by atoms with Gasteiger partial charge in [-0.05, 0) is 49.4 Å². The van der Waals surface area contributed by atoms with Gasteiger partial charge < -0.3 is 9.47 Å². The molecule has 0 saturated carbocycles. The van der Waals surface area contributed by atoms with E-state index < -0.39 is 0 Å². The largest absolute Gasteiger partial charge is 0.496 e. The molecule has 1 aromatic rings. The van der Waals surface area contributed by atoms with E-state index >= 15 is 0 Å². The third-order valence-corrected chi connectivity index (χ3v) is 3.83. The lowest BCUT2D eigenvalue weighted by Gasteiger charge is -2.36. The van der Waals surface area contributed by atoms with Crippen molar-refractivity contribution in [2.75, 3.05) is 20.3 Å². The van der Waals surface area contributed by atoms with Crippen LogP contribution in [0.25, 0.3) is 0 Å². The number of ether oxygens (including phenoxy) is 2. The number of hydrogen-bond donors (Lipinski definition) is 0. The second-order valence-electron chi connectivity index (χ2n) is 5.21. The van der Waals surface area contributed by atoms with Crippen molar-refractivity contribution in [2.24, 2.45) is 5.41 Å². The fourth-order valence-corrected chi connectivity index (χ4v) is 2.49. The number of aryl methyl sites for hydroxylation is 2. The molecule has 0 spiro atoms. The summed E-state index contributed by atoms with van der Waals surface area (Å²) in [6.07, 6.45) is 0.708. The van der Waals surface area contributed by atoms with E-state index in [1.807, 2.05) is 0 Å². The zero-order valence-corrected chi connectivity index (χ0v) is 11.5. The molecule has 1 fully saturated rings. The molecule has 3 heteroatoms. The summed E-state index contributed by atoms with van der Waals surface area (Å²) in [6, 6.07) is 4.56. The Morgan fingerprint density at radius 3 is 2.44 bits per heavy atom. The predicted molar refractivity (Wildman–Crippen MR) is 69.8 cm³/mol. The molecule has 96 valence electrons. The first-order valence-electron chi connectivity index (χ1n) is 6.15. The normalized spacial score (nSPS) is 16.8. The van der Waals surface area contributed by atoms with Gasteiger partial charge in [0.1, 0.15) is 11.2 Å². The quantitative estimate of drug-likeness (QED) is 0.822. The molecule has 0 aliphatic carbocycles. The highest BCUT2D eigenvalue weighted by atomic mass is 16.5. The maximum absolute atomic E-state index is 9.31. The van der Waals surface area contributed by atoms with E-state index in [-0.39, 0.29) is 5.41 Å². The molecule has 0 N–H and O–H groups in total. The van der Waals surface area contributed by atoms with Crippen molar-refractivity contribution >= 4 is 0 Å². The molecule has 0 radical (unpaired) electrons. The van der Waals surface area contributed by atoms with E-state index in [0.29, 0.717) is 19.6 Å². The van der Waals surface area contributed by atoms with Crippen LogP contribution in [-0.4, -0.2) is 20.3 Å². The summed E-state index contributed by atoms with van der Waals surface area (Å²) in [7, 11) is 1.70. The Bertz CT molecular complexity index is 510. The standard InChI is InChI=1S/C15H19NO2/c1-10-5-11(2)13(14(17-4)12(10)3)6-15(7-16)8-18-9-15/h5H,6,8-9H2,1-4H3. The molecule has 0 unspecified atom stereocenters. The predicted octanol–water partition coefficient (Wildman–Crippen LogP) is 2.70. The molecule has 0 bridgehead atoms. The Balaban J connectivity index is 2.44. The maximum Gasteiger partial charge on any atom is 0.125 e. The number of nitrogens with zero attached hydrogens (tertiary/aromatic N) is 1. The maximum atomic E-state index is 9.31. The number of rotatable bonds is 3. The average Bonchev–Trinajstić information content (AvgIpc) is 2.30. The van der Waals surface area contributed by atoms with Crippen LogP contribution in [0.5, 0.6) is 5.75 Å². The summed E-state index contributed by atoms with van der Waals surface area (Å²) < 4.78 is 10.8. The minimum atomic E-state index is -0.361. The summed E-state index contributed by atoms with van der Waals surface area (Å²) in [6.45, 7) is 7.28. The van der Waals surface area contributed by atoms with E-state index in [4.69, 9.17) is 9.47 Å². The Morgan fingerprint density at radius 2 is 2.00 bits per heavy atom. The third kappa shape index (κ3) is 1.97. The van der Waals surface area contributed by atoms with Crippen molar-refractivity contribution in [1.82, 2.24) is 0 Å². The molecule has 1 aromatic carbocycles. The average molecular weight is 245 g/mol. The molecule has 1 saturated heterocycles. The molecule has 3 nitrogen and oxygen atoms in total.